The minimum absolute atomic E-state index is 0.762. The van der Waals surface area contributed by atoms with Crippen molar-refractivity contribution in [3.8, 4) is 0 Å². The van der Waals surface area contributed by atoms with Crippen molar-refractivity contribution in [1.82, 2.24) is 15.5 Å². The molecule has 1 aliphatic heterocycles. The summed E-state index contributed by atoms with van der Waals surface area (Å²) in [5.74, 6) is 0. The fraction of sp³-hybridized carbons (Fsp3) is 0.875. The first-order chi connectivity index (χ1) is 5.93. The molecule has 0 aromatic heterocycles. The summed E-state index contributed by atoms with van der Waals surface area (Å²) in [6.45, 7) is 6.38. The molecule has 1 fully saturated rings. The highest BCUT2D eigenvalue weighted by atomic mass is 16.1. The summed E-state index contributed by atoms with van der Waals surface area (Å²) in [5.41, 5.74) is 0. The van der Waals surface area contributed by atoms with E-state index in [1.807, 2.05) is 0 Å². The molecule has 0 saturated carbocycles. The molecule has 1 amide bonds. The van der Waals surface area contributed by atoms with Gasteiger partial charge in [-0.1, -0.05) is 0 Å². The lowest BCUT2D eigenvalue weighted by atomic mass is 10.3. The summed E-state index contributed by atoms with van der Waals surface area (Å²) in [6, 6.07) is 0. The van der Waals surface area contributed by atoms with Crippen molar-refractivity contribution in [2.24, 2.45) is 0 Å². The van der Waals surface area contributed by atoms with Gasteiger partial charge in [-0.05, 0) is 13.0 Å². The first-order valence-electron chi connectivity index (χ1n) is 4.53. The zero-order chi connectivity index (χ0) is 8.65. The first-order valence-corrected chi connectivity index (χ1v) is 4.53. The van der Waals surface area contributed by atoms with Gasteiger partial charge in [0.25, 0.3) is 0 Å². The van der Waals surface area contributed by atoms with E-state index in [1.54, 1.807) is 0 Å². The van der Waals surface area contributed by atoms with Crippen LogP contribution in [0.5, 0.6) is 0 Å². The summed E-state index contributed by atoms with van der Waals surface area (Å²) >= 11 is 0. The zero-order valence-corrected chi connectivity index (χ0v) is 7.38. The standard InChI is InChI=1S/C8H17N3O/c12-8-10-2-1-5-11-6-3-9-4-7-11/h8-9H,1-7H2,(H,10,12). The molecule has 0 aromatic carbocycles. The second-order valence-corrected chi connectivity index (χ2v) is 3.02. The van der Waals surface area contributed by atoms with Crippen LogP contribution in [-0.2, 0) is 4.79 Å². The minimum Gasteiger partial charge on any atom is -0.359 e. The Labute approximate surface area is 73.3 Å². The molecular formula is C8H17N3O. The second kappa shape index (κ2) is 5.97. The Kier molecular flexibility index (Phi) is 4.71. The molecule has 1 saturated heterocycles. The molecule has 70 valence electrons. The molecule has 0 bridgehead atoms. The predicted molar refractivity (Wildman–Crippen MR) is 48.0 cm³/mol. The van der Waals surface area contributed by atoms with Gasteiger partial charge in [0.2, 0.25) is 6.41 Å². The summed E-state index contributed by atoms with van der Waals surface area (Å²) in [7, 11) is 0. The molecule has 12 heavy (non-hydrogen) atoms. The van der Waals surface area contributed by atoms with E-state index in [-0.39, 0.29) is 0 Å². The van der Waals surface area contributed by atoms with Crippen molar-refractivity contribution in [3.05, 3.63) is 0 Å². The number of amides is 1. The van der Waals surface area contributed by atoms with Gasteiger partial charge in [-0.2, -0.15) is 0 Å². The average molecular weight is 171 g/mol. The quantitative estimate of drug-likeness (QED) is 0.413. The number of nitrogens with one attached hydrogen (secondary N) is 2. The predicted octanol–water partition coefficient (Wildman–Crippen LogP) is -0.972. The second-order valence-electron chi connectivity index (χ2n) is 3.02. The molecule has 0 spiro atoms. The fourth-order valence-electron chi connectivity index (χ4n) is 1.40. The van der Waals surface area contributed by atoms with Gasteiger partial charge >= 0.3 is 0 Å². The lowest BCUT2D eigenvalue weighted by molar-refractivity contribution is -0.109. The van der Waals surface area contributed by atoms with E-state index in [4.69, 9.17) is 0 Å². The molecule has 0 aliphatic carbocycles. The molecule has 2 N–H and O–H groups in total. The Balaban J connectivity index is 1.94. The number of rotatable bonds is 5. The average Bonchev–Trinajstić information content (AvgIpc) is 2.14. The van der Waals surface area contributed by atoms with Gasteiger partial charge in [-0.15, -0.1) is 0 Å². The van der Waals surface area contributed by atoms with Crippen molar-refractivity contribution in [1.29, 1.82) is 0 Å². The maximum atomic E-state index is 9.92. The van der Waals surface area contributed by atoms with E-state index in [1.165, 1.54) is 0 Å². The van der Waals surface area contributed by atoms with E-state index in [9.17, 15) is 4.79 Å². The molecule has 0 radical (unpaired) electrons. The Morgan fingerprint density at radius 3 is 2.83 bits per heavy atom. The Bertz CT molecular complexity index is 123. The largest absolute Gasteiger partial charge is 0.359 e. The number of hydrogen-bond donors (Lipinski definition) is 2. The van der Waals surface area contributed by atoms with Gasteiger partial charge in [0.15, 0.2) is 0 Å². The molecule has 4 heteroatoms. The van der Waals surface area contributed by atoms with Crippen molar-refractivity contribution in [3.63, 3.8) is 0 Å². The number of hydrogen-bond acceptors (Lipinski definition) is 3. The molecular weight excluding hydrogens is 154 g/mol. The van der Waals surface area contributed by atoms with Crippen LogP contribution < -0.4 is 10.6 Å². The zero-order valence-electron chi connectivity index (χ0n) is 7.38. The van der Waals surface area contributed by atoms with Crippen LogP contribution in [0, 0.1) is 0 Å². The molecule has 0 aromatic rings. The van der Waals surface area contributed by atoms with Crippen LogP contribution in [0.25, 0.3) is 0 Å². The van der Waals surface area contributed by atoms with Gasteiger partial charge in [0.1, 0.15) is 0 Å². The maximum Gasteiger partial charge on any atom is 0.207 e. The van der Waals surface area contributed by atoms with Gasteiger partial charge in [0, 0.05) is 32.7 Å². The van der Waals surface area contributed by atoms with E-state index in [2.05, 4.69) is 15.5 Å². The summed E-state index contributed by atoms with van der Waals surface area (Å²) in [6.07, 6.45) is 1.82. The third-order valence-electron chi connectivity index (χ3n) is 2.09. The molecule has 0 unspecified atom stereocenters. The van der Waals surface area contributed by atoms with Crippen LogP contribution in [0.2, 0.25) is 0 Å². The van der Waals surface area contributed by atoms with Crippen LogP contribution in [0.4, 0.5) is 0 Å². The van der Waals surface area contributed by atoms with Crippen molar-refractivity contribution < 1.29 is 4.79 Å². The fourth-order valence-corrected chi connectivity index (χ4v) is 1.40. The lowest BCUT2D eigenvalue weighted by Gasteiger charge is -2.26. The molecule has 1 heterocycles. The van der Waals surface area contributed by atoms with E-state index in [0.717, 1.165) is 52.1 Å². The number of nitrogens with zero attached hydrogens (tertiary/aromatic N) is 1. The van der Waals surface area contributed by atoms with Crippen LogP contribution in [0.15, 0.2) is 0 Å². The summed E-state index contributed by atoms with van der Waals surface area (Å²) in [5, 5.41) is 5.97. The van der Waals surface area contributed by atoms with Gasteiger partial charge in [-0.25, -0.2) is 0 Å². The summed E-state index contributed by atoms with van der Waals surface area (Å²) in [4.78, 5) is 12.3. The minimum atomic E-state index is 0.762. The molecule has 0 atom stereocenters. The third kappa shape index (κ3) is 3.69. The number of piperazine rings is 1. The van der Waals surface area contributed by atoms with Crippen molar-refractivity contribution >= 4 is 6.41 Å². The van der Waals surface area contributed by atoms with E-state index >= 15 is 0 Å². The third-order valence-corrected chi connectivity index (χ3v) is 2.09. The Morgan fingerprint density at radius 2 is 2.17 bits per heavy atom. The monoisotopic (exact) mass is 171 g/mol. The molecule has 4 nitrogen and oxygen atoms in total. The Morgan fingerprint density at radius 1 is 1.42 bits per heavy atom. The van der Waals surface area contributed by atoms with Crippen molar-refractivity contribution in [2.45, 2.75) is 6.42 Å². The van der Waals surface area contributed by atoms with Crippen LogP contribution in [0.1, 0.15) is 6.42 Å². The maximum absolute atomic E-state index is 9.92. The lowest BCUT2D eigenvalue weighted by Crippen LogP contribution is -2.44. The SMILES string of the molecule is O=CNCCCN1CCNCC1. The highest BCUT2D eigenvalue weighted by Crippen LogP contribution is 1.92. The number of carbonyl (C=O) groups excluding carboxylic acids is 1. The topological polar surface area (TPSA) is 44.4 Å². The van der Waals surface area contributed by atoms with Crippen molar-refractivity contribution in [2.75, 3.05) is 39.3 Å². The van der Waals surface area contributed by atoms with Crippen LogP contribution >= 0.6 is 0 Å². The van der Waals surface area contributed by atoms with Gasteiger partial charge < -0.3 is 15.5 Å². The first kappa shape index (κ1) is 9.48. The summed E-state index contributed by atoms with van der Waals surface area (Å²) < 4.78 is 0. The van der Waals surface area contributed by atoms with Gasteiger partial charge in [0.05, 0.1) is 0 Å². The highest BCUT2D eigenvalue weighted by molar-refractivity contribution is 5.45. The van der Waals surface area contributed by atoms with Crippen LogP contribution in [0.3, 0.4) is 0 Å². The normalized spacial score (nSPS) is 19.0. The van der Waals surface area contributed by atoms with E-state index in [0.29, 0.717) is 0 Å². The highest BCUT2D eigenvalue weighted by Gasteiger charge is 2.07. The number of carbonyl (C=O) groups is 1. The Hall–Kier alpha value is -0.610. The smallest absolute Gasteiger partial charge is 0.207 e. The molecule has 1 rings (SSSR count). The molecule has 1 aliphatic rings. The van der Waals surface area contributed by atoms with E-state index < -0.39 is 0 Å². The van der Waals surface area contributed by atoms with Crippen LogP contribution in [-0.4, -0.2) is 50.6 Å². The van der Waals surface area contributed by atoms with Gasteiger partial charge in [-0.3, -0.25) is 4.79 Å².